The van der Waals surface area contributed by atoms with Crippen LogP contribution in [0.4, 0.5) is 5.69 Å². The standard InChI is InChI=1S/C13H18N2OS/c1-3-17-13-6-4-5-12(11(13)9-14)15-10(2)7-8-16/h4-6,10,15-16H,3,7-8H2,1-2H3. The molecule has 0 radical (unpaired) electrons. The van der Waals surface area contributed by atoms with Crippen LogP contribution in [-0.4, -0.2) is 23.5 Å². The maximum atomic E-state index is 9.22. The molecule has 17 heavy (non-hydrogen) atoms. The van der Waals surface area contributed by atoms with Gasteiger partial charge in [0, 0.05) is 17.5 Å². The molecule has 0 saturated heterocycles. The molecule has 1 aromatic rings. The third-order valence-corrected chi connectivity index (χ3v) is 3.34. The molecule has 0 aliphatic rings. The zero-order valence-corrected chi connectivity index (χ0v) is 11.0. The third-order valence-electron chi connectivity index (χ3n) is 2.40. The van der Waals surface area contributed by atoms with Crippen molar-refractivity contribution < 1.29 is 5.11 Å². The summed E-state index contributed by atoms with van der Waals surface area (Å²) in [5, 5.41) is 21.4. The third kappa shape index (κ3) is 3.95. The van der Waals surface area contributed by atoms with E-state index in [9.17, 15) is 5.26 Å². The first-order valence-corrected chi connectivity index (χ1v) is 6.74. The summed E-state index contributed by atoms with van der Waals surface area (Å²) in [5.74, 6) is 0.949. The summed E-state index contributed by atoms with van der Waals surface area (Å²) < 4.78 is 0. The number of nitrogens with one attached hydrogen (secondary N) is 1. The number of benzene rings is 1. The Morgan fingerprint density at radius 2 is 2.29 bits per heavy atom. The highest BCUT2D eigenvalue weighted by molar-refractivity contribution is 7.99. The molecule has 0 bridgehead atoms. The molecule has 3 nitrogen and oxygen atoms in total. The van der Waals surface area contributed by atoms with Crippen LogP contribution in [0.5, 0.6) is 0 Å². The summed E-state index contributed by atoms with van der Waals surface area (Å²) in [6.07, 6.45) is 0.677. The van der Waals surface area contributed by atoms with Gasteiger partial charge in [-0.05, 0) is 31.2 Å². The van der Waals surface area contributed by atoms with E-state index in [1.807, 2.05) is 25.1 Å². The minimum atomic E-state index is 0.152. The van der Waals surface area contributed by atoms with Gasteiger partial charge in [-0.1, -0.05) is 13.0 Å². The topological polar surface area (TPSA) is 56.0 Å². The number of aliphatic hydroxyl groups excluding tert-OH is 1. The number of thioether (sulfide) groups is 1. The van der Waals surface area contributed by atoms with Gasteiger partial charge in [0.1, 0.15) is 6.07 Å². The van der Waals surface area contributed by atoms with Crippen LogP contribution >= 0.6 is 11.8 Å². The molecule has 0 aromatic heterocycles. The van der Waals surface area contributed by atoms with Crippen molar-refractivity contribution in [1.82, 2.24) is 0 Å². The van der Waals surface area contributed by atoms with Crippen molar-refractivity contribution in [3.8, 4) is 6.07 Å². The molecular formula is C13H18N2OS. The summed E-state index contributed by atoms with van der Waals surface area (Å²) >= 11 is 1.67. The number of rotatable bonds is 6. The van der Waals surface area contributed by atoms with Gasteiger partial charge in [-0.15, -0.1) is 11.8 Å². The quantitative estimate of drug-likeness (QED) is 0.762. The molecule has 0 spiro atoms. The first kappa shape index (κ1) is 13.9. The van der Waals surface area contributed by atoms with Gasteiger partial charge in [0.25, 0.3) is 0 Å². The first-order chi connectivity index (χ1) is 8.22. The highest BCUT2D eigenvalue weighted by atomic mass is 32.2. The van der Waals surface area contributed by atoms with Crippen molar-refractivity contribution in [3.63, 3.8) is 0 Å². The lowest BCUT2D eigenvalue weighted by atomic mass is 10.1. The predicted octanol–water partition coefficient (Wildman–Crippen LogP) is 2.85. The van der Waals surface area contributed by atoms with Crippen LogP contribution in [0.25, 0.3) is 0 Å². The van der Waals surface area contributed by atoms with Gasteiger partial charge in [-0.2, -0.15) is 5.26 Å². The first-order valence-electron chi connectivity index (χ1n) is 5.76. The van der Waals surface area contributed by atoms with Crippen molar-refractivity contribution >= 4 is 17.4 Å². The molecule has 0 fully saturated rings. The highest BCUT2D eigenvalue weighted by Crippen LogP contribution is 2.28. The Morgan fingerprint density at radius 3 is 2.88 bits per heavy atom. The van der Waals surface area contributed by atoms with E-state index in [4.69, 9.17) is 5.11 Å². The van der Waals surface area contributed by atoms with Crippen molar-refractivity contribution in [2.24, 2.45) is 0 Å². The van der Waals surface area contributed by atoms with Gasteiger partial charge in [0.15, 0.2) is 0 Å². The molecule has 1 atom stereocenters. The van der Waals surface area contributed by atoms with Gasteiger partial charge < -0.3 is 10.4 Å². The maximum absolute atomic E-state index is 9.22. The van der Waals surface area contributed by atoms with Crippen molar-refractivity contribution in [1.29, 1.82) is 5.26 Å². The fourth-order valence-corrected chi connectivity index (χ4v) is 2.36. The second-order valence-corrected chi connectivity index (χ2v) is 5.09. The molecule has 1 aromatic carbocycles. The SMILES string of the molecule is CCSc1cccc(NC(C)CCO)c1C#N. The molecule has 0 aliphatic carbocycles. The molecule has 0 heterocycles. The van der Waals surface area contributed by atoms with Crippen LogP contribution in [0, 0.1) is 11.3 Å². The van der Waals surface area contributed by atoms with Gasteiger partial charge in [-0.3, -0.25) is 0 Å². The van der Waals surface area contributed by atoms with Crippen LogP contribution in [0.2, 0.25) is 0 Å². The van der Waals surface area contributed by atoms with E-state index in [0.29, 0.717) is 12.0 Å². The van der Waals surface area contributed by atoms with E-state index >= 15 is 0 Å². The van der Waals surface area contributed by atoms with Crippen LogP contribution in [0.15, 0.2) is 23.1 Å². The van der Waals surface area contributed by atoms with Gasteiger partial charge >= 0.3 is 0 Å². The number of hydrogen-bond acceptors (Lipinski definition) is 4. The van der Waals surface area contributed by atoms with E-state index in [0.717, 1.165) is 16.3 Å². The minimum Gasteiger partial charge on any atom is -0.396 e. The molecule has 1 rings (SSSR count). The Bertz CT molecular complexity index is 401. The molecular weight excluding hydrogens is 232 g/mol. The van der Waals surface area contributed by atoms with E-state index in [2.05, 4.69) is 18.3 Å². The van der Waals surface area contributed by atoms with Crippen LogP contribution in [0.1, 0.15) is 25.8 Å². The summed E-state index contributed by atoms with van der Waals surface area (Å²) in [6.45, 7) is 4.22. The van der Waals surface area contributed by atoms with Gasteiger partial charge in [0.05, 0.1) is 11.3 Å². The average Bonchev–Trinajstić information content (AvgIpc) is 2.30. The lowest BCUT2D eigenvalue weighted by Crippen LogP contribution is -2.17. The van der Waals surface area contributed by atoms with E-state index in [1.165, 1.54) is 0 Å². The van der Waals surface area contributed by atoms with Crippen molar-refractivity contribution in [2.75, 3.05) is 17.7 Å². The Hall–Kier alpha value is -1.18. The molecule has 0 saturated carbocycles. The Balaban J connectivity index is 2.91. The minimum absolute atomic E-state index is 0.152. The van der Waals surface area contributed by atoms with Gasteiger partial charge in [-0.25, -0.2) is 0 Å². The molecule has 4 heteroatoms. The predicted molar refractivity (Wildman–Crippen MR) is 72.3 cm³/mol. The molecule has 92 valence electrons. The summed E-state index contributed by atoms with van der Waals surface area (Å²) in [4.78, 5) is 1.01. The van der Waals surface area contributed by atoms with Crippen molar-refractivity contribution in [2.45, 2.75) is 31.2 Å². The monoisotopic (exact) mass is 250 g/mol. The molecule has 2 N–H and O–H groups in total. The second-order valence-electron chi connectivity index (χ2n) is 3.78. The average molecular weight is 250 g/mol. The molecule has 1 unspecified atom stereocenters. The van der Waals surface area contributed by atoms with E-state index < -0.39 is 0 Å². The lowest BCUT2D eigenvalue weighted by molar-refractivity contribution is 0.282. The zero-order chi connectivity index (χ0) is 12.7. The smallest absolute Gasteiger partial charge is 0.102 e. The summed E-state index contributed by atoms with van der Waals surface area (Å²) in [6, 6.07) is 8.24. The van der Waals surface area contributed by atoms with E-state index in [-0.39, 0.29) is 12.6 Å². The maximum Gasteiger partial charge on any atom is 0.102 e. The Morgan fingerprint density at radius 1 is 1.53 bits per heavy atom. The van der Waals surface area contributed by atoms with Crippen LogP contribution < -0.4 is 5.32 Å². The second kappa shape index (κ2) is 7.21. The number of anilines is 1. The number of hydrogen-bond donors (Lipinski definition) is 2. The lowest BCUT2D eigenvalue weighted by Gasteiger charge is -2.16. The number of nitrogens with zero attached hydrogens (tertiary/aromatic N) is 1. The van der Waals surface area contributed by atoms with E-state index in [1.54, 1.807) is 11.8 Å². The number of nitriles is 1. The Kier molecular flexibility index (Phi) is 5.88. The summed E-state index contributed by atoms with van der Waals surface area (Å²) in [7, 11) is 0. The largest absolute Gasteiger partial charge is 0.396 e. The molecule has 0 aliphatic heterocycles. The summed E-state index contributed by atoms with van der Waals surface area (Å²) in [5.41, 5.74) is 1.55. The zero-order valence-electron chi connectivity index (χ0n) is 10.2. The van der Waals surface area contributed by atoms with Gasteiger partial charge in [0.2, 0.25) is 0 Å². The van der Waals surface area contributed by atoms with Crippen LogP contribution in [-0.2, 0) is 0 Å². The highest BCUT2D eigenvalue weighted by Gasteiger charge is 2.09. The normalized spacial score (nSPS) is 11.9. The molecule has 0 amide bonds. The fourth-order valence-electron chi connectivity index (χ4n) is 1.57. The van der Waals surface area contributed by atoms with Crippen molar-refractivity contribution in [3.05, 3.63) is 23.8 Å². The van der Waals surface area contributed by atoms with Crippen LogP contribution in [0.3, 0.4) is 0 Å². The number of aliphatic hydroxyl groups is 1. The fraction of sp³-hybridized carbons (Fsp3) is 0.462. The Labute approximate surface area is 107 Å².